The van der Waals surface area contributed by atoms with E-state index in [1.54, 1.807) is 0 Å². The molecular weight excluding hydrogens is 356 g/mol. The van der Waals surface area contributed by atoms with Crippen molar-refractivity contribution >= 4 is 22.4 Å². The van der Waals surface area contributed by atoms with E-state index in [0.717, 1.165) is 38.2 Å². The molecule has 1 aliphatic rings. The Morgan fingerprint density at radius 1 is 1.03 bits per heavy atom. The number of anilines is 1. The van der Waals surface area contributed by atoms with Gasteiger partial charge in [0.2, 0.25) is 5.91 Å². The molecule has 0 spiro atoms. The smallest absolute Gasteiger partial charge is 0.228 e. The zero-order chi connectivity index (χ0) is 20.2. The van der Waals surface area contributed by atoms with E-state index in [1.165, 1.54) is 21.9 Å². The largest absolute Gasteiger partial charge is 0.326 e. The summed E-state index contributed by atoms with van der Waals surface area (Å²) in [6.07, 6.45) is 2.02. The normalized spacial score (nSPS) is 17.6. The summed E-state index contributed by atoms with van der Waals surface area (Å²) in [5, 5.41) is 5.80. The number of benzene rings is 3. The molecule has 1 saturated heterocycles. The molecule has 29 heavy (non-hydrogen) atoms. The van der Waals surface area contributed by atoms with Crippen LogP contribution >= 0.6 is 0 Å². The molecule has 0 radical (unpaired) electrons. The summed E-state index contributed by atoms with van der Waals surface area (Å²) in [5.41, 5.74) is 3.50. The fraction of sp³-hybridized carbons (Fsp3) is 0.346. The van der Waals surface area contributed by atoms with Gasteiger partial charge in [0.05, 0.1) is 5.92 Å². The highest BCUT2D eigenvalue weighted by molar-refractivity contribution is 5.93. The third-order valence-electron chi connectivity index (χ3n) is 5.99. The molecule has 1 N–H and O–H groups in total. The zero-order valence-electron chi connectivity index (χ0n) is 17.4. The highest BCUT2D eigenvalue weighted by atomic mass is 16.1. The van der Waals surface area contributed by atoms with Crippen LogP contribution in [0.3, 0.4) is 0 Å². The van der Waals surface area contributed by atoms with E-state index in [-0.39, 0.29) is 11.8 Å². The molecule has 3 heteroatoms. The second-order valence-electron chi connectivity index (χ2n) is 8.44. The first-order valence-electron chi connectivity index (χ1n) is 10.7. The monoisotopic (exact) mass is 386 g/mol. The van der Waals surface area contributed by atoms with Gasteiger partial charge in [0.25, 0.3) is 0 Å². The third-order valence-corrected chi connectivity index (χ3v) is 5.99. The number of carbonyl (C=O) groups excluding carboxylic acids is 1. The molecule has 1 aliphatic heterocycles. The predicted molar refractivity (Wildman–Crippen MR) is 121 cm³/mol. The topological polar surface area (TPSA) is 32.3 Å². The highest BCUT2D eigenvalue weighted by Gasteiger charge is 2.26. The molecule has 3 nitrogen and oxygen atoms in total. The van der Waals surface area contributed by atoms with Crippen LogP contribution in [0.5, 0.6) is 0 Å². The fourth-order valence-corrected chi connectivity index (χ4v) is 4.43. The van der Waals surface area contributed by atoms with Gasteiger partial charge < -0.3 is 5.32 Å². The Morgan fingerprint density at radius 2 is 1.79 bits per heavy atom. The third kappa shape index (κ3) is 4.51. The van der Waals surface area contributed by atoms with E-state index in [4.69, 9.17) is 0 Å². The van der Waals surface area contributed by atoms with Crippen molar-refractivity contribution in [2.45, 2.75) is 39.2 Å². The van der Waals surface area contributed by atoms with E-state index in [1.807, 2.05) is 18.2 Å². The summed E-state index contributed by atoms with van der Waals surface area (Å²) in [7, 11) is 0. The van der Waals surface area contributed by atoms with E-state index in [0.29, 0.717) is 5.92 Å². The second kappa shape index (κ2) is 8.79. The number of hydrogen-bond acceptors (Lipinski definition) is 2. The van der Waals surface area contributed by atoms with Gasteiger partial charge in [0.1, 0.15) is 0 Å². The summed E-state index contributed by atoms with van der Waals surface area (Å²) < 4.78 is 0. The number of amides is 1. The lowest BCUT2D eigenvalue weighted by Gasteiger charge is -2.32. The number of nitrogens with zero attached hydrogens (tertiary/aromatic N) is 1. The summed E-state index contributed by atoms with van der Waals surface area (Å²) in [6.45, 7) is 7.09. The van der Waals surface area contributed by atoms with E-state index in [2.05, 4.69) is 72.6 Å². The number of nitrogens with one attached hydrogen (secondary N) is 1. The van der Waals surface area contributed by atoms with Gasteiger partial charge in [-0.2, -0.15) is 0 Å². The number of fused-ring (bicyclic) bond motifs is 1. The Labute approximate surface area is 173 Å². The minimum Gasteiger partial charge on any atom is -0.326 e. The van der Waals surface area contributed by atoms with Crippen LogP contribution in [-0.4, -0.2) is 23.9 Å². The lowest BCUT2D eigenvalue weighted by atomic mass is 9.95. The highest BCUT2D eigenvalue weighted by Crippen LogP contribution is 2.27. The van der Waals surface area contributed by atoms with Gasteiger partial charge in [-0.25, -0.2) is 0 Å². The Morgan fingerprint density at radius 3 is 2.66 bits per heavy atom. The Hall–Kier alpha value is -2.65. The molecule has 1 heterocycles. The zero-order valence-corrected chi connectivity index (χ0v) is 17.4. The summed E-state index contributed by atoms with van der Waals surface area (Å²) in [4.78, 5) is 15.4. The first kappa shape index (κ1) is 19.7. The maximum absolute atomic E-state index is 13.0. The van der Waals surface area contributed by atoms with Crippen LogP contribution < -0.4 is 5.32 Å². The molecular formula is C26H30N2O. The standard InChI is InChI=1S/C26H30N2O/c1-19(2)23-13-5-6-15-25(23)27-26(29)22-12-8-16-28(18-22)17-21-11-7-10-20-9-3-4-14-24(20)21/h3-7,9-11,13-15,19,22H,8,12,16-18H2,1-2H3,(H,27,29). The predicted octanol–water partition coefficient (Wildman–Crippen LogP) is 5.81. The van der Waals surface area contributed by atoms with Crippen molar-refractivity contribution in [3.63, 3.8) is 0 Å². The Bertz CT molecular complexity index is 989. The van der Waals surface area contributed by atoms with Gasteiger partial charge >= 0.3 is 0 Å². The van der Waals surface area contributed by atoms with Gasteiger partial charge in [-0.15, -0.1) is 0 Å². The molecule has 3 aromatic rings. The van der Waals surface area contributed by atoms with Crippen LogP contribution in [0.4, 0.5) is 5.69 Å². The van der Waals surface area contributed by atoms with Crippen molar-refractivity contribution in [2.75, 3.05) is 18.4 Å². The lowest BCUT2D eigenvalue weighted by molar-refractivity contribution is -0.121. The summed E-state index contributed by atoms with van der Waals surface area (Å²) >= 11 is 0. The minimum atomic E-state index is 0.0407. The maximum Gasteiger partial charge on any atom is 0.228 e. The van der Waals surface area contributed by atoms with Crippen molar-refractivity contribution in [3.05, 3.63) is 77.9 Å². The maximum atomic E-state index is 13.0. The Kier molecular flexibility index (Phi) is 5.96. The second-order valence-corrected chi connectivity index (χ2v) is 8.44. The summed E-state index contributed by atoms with van der Waals surface area (Å²) in [5.74, 6) is 0.584. The number of carbonyl (C=O) groups is 1. The van der Waals surface area contributed by atoms with Gasteiger partial charge in [0, 0.05) is 18.8 Å². The van der Waals surface area contributed by atoms with Crippen molar-refractivity contribution in [2.24, 2.45) is 5.92 Å². The van der Waals surface area contributed by atoms with Crippen LogP contribution in [0.15, 0.2) is 66.7 Å². The number of para-hydroxylation sites is 1. The minimum absolute atomic E-state index is 0.0407. The van der Waals surface area contributed by atoms with Crippen molar-refractivity contribution in [1.29, 1.82) is 0 Å². The van der Waals surface area contributed by atoms with Crippen LogP contribution in [0.1, 0.15) is 43.7 Å². The van der Waals surface area contributed by atoms with Crippen LogP contribution in [0.2, 0.25) is 0 Å². The van der Waals surface area contributed by atoms with Crippen molar-refractivity contribution < 1.29 is 4.79 Å². The fourth-order valence-electron chi connectivity index (χ4n) is 4.43. The van der Waals surface area contributed by atoms with Crippen LogP contribution in [0, 0.1) is 5.92 Å². The average molecular weight is 387 g/mol. The molecule has 0 bridgehead atoms. The van der Waals surface area contributed by atoms with Crippen molar-refractivity contribution in [3.8, 4) is 0 Å². The molecule has 3 aromatic carbocycles. The molecule has 1 atom stereocenters. The van der Waals surface area contributed by atoms with Crippen LogP contribution in [-0.2, 0) is 11.3 Å². The molecule has 1 unspecified atom stereocenters. The number of rotatable bonds is 5. The first-order chi connectivity index (χ1) is 14.1. The van der Waals surface area contributed by atoms with Gasteiger partial charge in [0.15, 0.2) is 0 Å². The van der Waals surface area contributed by atoms with Crippen molar-refractivity contribution in [1.82, 2.24) is 4.90 Å². The van der Waals surface area contributed by atoms with Crippen LogP contribution in [0.25, 0.3) is 10.8 Å². The first-order valence-corrected chi connectivity index (χ1v) is 10.7. The number of likely N-dealkylation sites (tertiary alicyclic amines) is 1. The Balaban J connectivity index is 1.45. The number of piperidine rings is 1. The lowest BCUT2D eigenvalue weighted by Crippen LogP contribution is -2.40. The van der Waals surface area contributed by atoms with Gasteiger partial charge in [-0.05, 0) is 53.3 Å². The molecule has 150 valence electrons. The molecule has 1 fully saturated rings. The van der Waals surface area contributed by atoms with E-state index < -0.39 is 0 Å². The quantitative estimate of drug-likeness (QED) is 0.600. The van der Waals surface area contributed by atoms with E-state index >= 15 is 0 Å². The van der Waals surface area contributed by atoms with E-state index in [9.17, 15) is 4.79 Å². The average Bonchev–Trinajstić information content (AvgIpc) is 2.74. The molecule has 1 amide bonds. The number of hydrogen-bond donors (Lipinski definition) is 1. The molecule has 0 aromatic heterocycles. The molecule has 0 aliphatic carbocycles. The summed E-state index contributed by atoms with van der Waals surface area (Å²) in [6, 6.07) is 23.2. The molecule has 0 saturated carbocycles. The van der Waals surface area contributed by atoms with Gasteiger partial charge in [-0.3, -0.25) is 9.69 Å². The van der Waals surface area contributed by atoms with Gasteiger partial charge in [-0.1, -0.05) is 74.5 Å². The molecule has 4 rings (SSSR count). The SMILES string of the molecule is CC(C)c1ccccc1NC(=O)C1CCCN(Cc2cccc3ccccc23)C1.